The third-order valence-electron chi connectivity index (χ3n) is 2.62. The van der Waals surface area contributed by atoms with Gasteiger partial charge >= 0.3 is 6.03 Å². The van der Waals surface area contributed by atoms with Gasteiger partial charge < -0.3 is 5.32 Å². The predicted molar refractivity (Wildman–Crippen MR) is 70.6 cm³/mol. The summed E-state index contributed by atoms with van der Waals surface area (Å²) >= 11 is 3.32. The van der Waals surface area contributed by atoms with Crippen molar-refractivity contribution in [1.29, 1.82) is 0 Å². The van der Waals surface area contributed by atoms with Gasteiger partial charge in [0, 0.05) is 16.9 Å². The fourth-order valence-electron chi connectivity index (χ4n) is 1.46. The van der Waals surface area contributed by atoms with Crippen LogP contribution >= 0.6 is 15.9 Å². The summed E-state index contributed by atoms with van der Waals surface area (Å²) in [7, 11) is 0. The highest BCUT2D eigenvalue weighted by atomic mass is 79.9. The largest absolute Gasteiger partial charge is 0.324 e. The molecular formula is C12H14BrN3O. The molecule has 1 aliphatic rings. The zero-order chi connectivity index (χ0) is 12.3. The first-order valence-corrected chi connectivity index (χ1v) is 6.30. The van der Waals surface area contributed by atoms with Crippen LogP contribution in [0.4, 0.5) is 10.6 Å². The Kier molecular flexibility index (Phi) is 3.78. The van der Waals surface area contributed by atoms with Gasteiger partial charge in [-0.1, -0.05) is 21.5 Å². The number of pyridine rings is 1. The number of aromatic nitrogens is 1. The third kappa shape index (κ3) is 3.85. The van der Waals surface area contributed by atoms with Crippen molar-refractivity contribution in [2.75, 3.05) is 5.32 Å². The average Bonchev–Trinajstić information content (AvgIpc) is 3.09. The van der Waals surface area contributed by atoms with Gasteiger partial charge in [0.25, 0.3) is 0 Å². The Morgan fingerprint density at radius 1 is 1.59 bits per heavy atom. The smallest absolute Gasteiger partial charge is 0.314 e. The molecule has 0 radical (unpaired) electrons. The molecule has 17 heavy (non-hydrogen) atoms. The lowest BCUT2D eigenvalue weighted by Gasteiger charge is -2.04. The Morgan fingerprint density at radius 2 is 2.35 bits per heavy atom. The first kappa shape index (κ1) is 12.1. The van der Waals surface area contributed by atoms with Crippen LogP contribution in [0.25, 0.3) is 0 Å². The Balaban J connectivity index is 1.86. The molecule has 5 heteroatoms. The molecule has 2 rings (SSSR count). The number of urea groups is 1. The number of halogens is 1. The predicted octanol–water partition coefficient (Wildman–Crippen LogP) is 3.28. The summed E-state index contributed by atoms with van der Waals surface area (Å²) in [5, 5.41) is 5.37. The van der Waals surface area contributed by atoms with Crippen molar-refractivity contribution in [1.82, 2.24) is 10.3 Å². The van der Waals surface area contributed by atoms with E-state index in [4.69, 9.17) is 0 Å². The molecule has 1 aliphatic carbocycles. The molecule has 0 atom stereocenters. The molecular weight excluding hydrogens is 282 g/mol. The van der Waals surface area contributed by atoms with Crippen LogP contribution in [0.5, 0.6) is 0 Å². The molecule has 0 bridgehead atoms. The van der Waals surface area contributed by atoms with Gasteiger partial charge in [0.15, 0.2) is 0 Å². The number of rotatable bonds is 3. The van der Waals surface area contributed by atoms with E-state index < -0.39 is 0 Å². The second-order valence-corrected chi connectivity index (χ2v) is 5.04. The summed E-state index contributed by atoms with van der Waals surface area (Å²) in [5.74, 6) is 1.19. The second kappa shape index (κ2) is 5.31. The molecule has 2 amide bonds. The number of anilines is 1. The van der Waals surface area contributed by atoms with Crippen molar-refractivity contribution in [3.8, 4) is 0 Å². The van der Waals surface area contributed by atoms with Crippen LogP contribution in [0.2, 0.25) is 0 Å². The normalized spacial score (nSPS) is 15.5. The number of nitrogens with zero attached hydrogens (tertiary/aromatic N) is 1. The lowest BCUT2D eigenvalue weighted by atomic mass is 10.2. The zero-order valence-corrected chi connectivity index (χ0v) is 11.1. The minimum Gasteiger partial charge on any atom is -0.314 e. The van der Waals surface area contributed by atoms with E-state index in [0.717, 1.165) is 4.47 Å². The fourth-order valence-corrected chi connectivity index (χ4v) is 1.80. The molecule has 1 aromatic rings. The van der Waals surface area contributed by atoms with E-state index in [1.165, 1.54) is 18.4 Å². The molecule has 1 fully saturated rings. The molecule has 4 nitrogen and oxygen atoms in total. The zero-order valence-electron chi connectivity index (χ0n) is 9.53. The van der Waals surface area contributed by atoms with Gasteiger partial charge in [0.2, 0.25) is 0 Å². The minimum atomic E-state index is -0.268. The maximum Gasteiger partial charge on any atom is 0.324 e. The van der Waals surface area contributed by atoms with Crippen LogP contribution in [0, 0.1) is 5.92 Å². The number of nitrogens with one attached hydrogen (secondary N) is 2. The molecule has 0 unspecified atom stereocenters. The maximum atomic E-state index is 11.5. The quantitative estimate of drug-likeness (QED) is 0.899. The van der Waals surface area contributed by atoms with E-state index in [1.807, 2.05) is 6.92 Å². The van der Waals surface area contributed by atoms with Crippen molar-refractivity contribution in [3.63, 3.8) is 0 Å². The number of allylic oxidation sites excluding steroid dienone is 1. The van der Waals surface area contributed by atoms with E-state index in [0.29, 0.717) is 11.7 Å². The fraction of sp³-hybridized carbons (Fsp3) is 0.333. The third-order valence-corrected chi connectivity index (χ3v) is 3.11. The minimum absolute atomic E-state index is 0.268. The first-order valence-electron chi connectivity index (χ1n) is 5.51. The first-order chi connectivity index (χ1) is 8.15. The van der Waals surface area contributed by atoms with Crippen LogP contribution in [-0.2, 0) is 0 Å². The highest BCUT2D eigenvalue weighted by Crippen LogP contribution is 2.35. The van der Waals surface area contributed by atoms with Crippen molar-refractivity contribution in [3.05, 3.63) is 34.6 Å². The number of hydrogen-bond donors (Lipinski definition) is 2. The Labute approximate surface area is 109 Å². The Morgan fingerprint density at radius 3 is 3.00 bits per heavy atom. The number of hydrogen-bond acceptors (Lipinski definition) is 2. The summed E-state index contributed by atoms with van der Waals surface area (Å²) < 4.78 is 0.882. The summed E-state index contributed by atoms with van der Waals surface area (Å²) in [4.78, 5) is 15.6. The highest BCUT2D eigenvalue weighted by molar-refractivity contribution is 9.10. The van der Waals surface area contributed by atoms with Crippen LogP contribution in [-0.4, -0.2) is 11.0 Å². The van der Waals surface area contributed by atoms with Gasteiger partial charge in [-0.25, -0.2) is 9.78 Å². The molecule has 1 saturated carbocycles. The maximum absolute atomic E-state index is 11.5. The summed E-state index contributed by atoms with van der Waals surface area (Å²) in [6, 6.07) is 3.28. The van der Waals surface area contributed by atoms with Gasteiger partial charge in [-0.2, -0.15) is 0 Å². The van der Waals surface area contributed by atoms with E-state index in [2.05, 4.69) is 31.5 Å². The standard InChI is InChI=1S/C12H14BrN3O/c1-8(9-2-3-9)7-15-12(17)16-11-6-10(13)4-5-14-11/h4-7,9H,2-3H2,1H3,(H2,14,15,16,17)/b8-7+. The van der Waals surface area contributed by atoms with Crippen molar-refractivity contribution < 1.29 is 4.79 Å². The highest BCUT2D eigenvalue weighted by Gasteiger charge is 2.22. The second-order valence-electron chi connectivity index (χ2n) is 4.12. The van der Waals surface area contributed by atoms with Gasteiger partial charge in [0.1, 0.15) is 5.82 Å². The van der Waals surface area contributed by atoms with E-state index in [1.54, 1.807) is 24.5 Å². The molecule has 0 aliphatic heterocycles. The molecule has 1 aromatic heterocycles. The number of carbonyl (C=O) groups is 1. The van der Waals surface area contributed by atoms with Crippen LogP contribution < -0.4 is 10.6 Å². The van der Waals surface area contributed by atoms with Crippen LogP contribution in [0.3, 0.4) is 0 Å². The Bertz CT molecular complexity index is 455. The van der Waals surface area contributed by atoms with Crippen molar-refractivity contribution in [2.45, 2.75) is 19.8 Å². The number of amides is 2. The van der Waals surface area contributed by atoms with E-state index >= 15 is 0 Å². The van der Waals surface area contributed by atoms with E-state index in [-0.39, 0.29) is 6.03 Å². The molecule has 0 saturated heterocycles. The average molecular weight is 296 g/mol. The van der Waals surface area contributed by atoms with Crippen LogP contribution in [0.15, 0.2) is 34.6 Å². The molecule has 1 heterocycles. The SMILES string of the molecule is C/C(=C\NC(=O)Nc1cc(Br)ccn1)C1CC1. The molecule has 2 N–H and O–H groups in total. The van der Waals surface area contributed by atoms with Gasteiger partial charge in [0.05, 0.1) is 0 Å². The summed E-state index contributed by atoms with van der Waals surface area (Å²) in [6.07, 6.45) is 5.87. The summed E-state index contributed by atoms with van der Waals surface area (Å²) in [6.45, 7) is 2.04. The number of carbonyl (C=O) groups excluding carboxylic acids is 1. The van der Waals surface area contributed by atoms with Crippen molar-refractivity contribution in [2.24, 2.45) is 5.92 Å². The van der Waals surface area contributed by atoms with Crippen LogP contribution in [0.1, 0.15) is 19.8 Å². The molecule has 90 valence electrons. The van der Waals surface area contributed by atoms with Gasteiger partial charge in [-0.15, -0.1) is 0 Å². The molecule has 0 spiro atoms. The lowest BCUT2D eigenvalue weighted by Crippen LogP contribution is -2.24. The molecule has 0 aromatic carbocycles. The summed E-state index contributed by atoms with van der Waals surface area (Å²) in [5.41, 5.74) is 1.22. The monoisotopic (exact) mass is 295 g/mol. The van der Waals surface area contributed by atoms with Crippen molar-refractivity contribution >= 4 is 27.8 Å². The lowest BCUT2D eigenvalue weighted by molar-refractivity contribution is 0.255. The topological polar surface area (TPSA) is 54.0 Å². The van der Waals surface area contributed by atoms with Gasteiger partial charge in [-0.05, 0) is 37.8 Å². The Hall–Kier alpha value is -1.36. The van der Waals surface area contributed by atoms with Gasteiger partial charge in [-0.3, -0.25) is 5.32 Å². The van der Waals surface area contributed by atoms with E-state index in [9.17, 15) is 4.79 Å².